The first-order chi connectivity index (χ1) is 7.82. The van der Waals surface area contributed by atoms with E-state index in [9.17, 15) is 23.1 Å². The molecule has 1 rings (SSSR count). The zero-order valence-corrected chi connectivity index (χ0v) is 8.65. The van der Waals surface area contributed by atoms with Crippen LogP contribution in [0.2, 0.25) is 0 Å². The Labute approximate surface area is 94.3 Å². The number of aliphatic hydroxyl groups excluding tert-OH is 1. The highest BCUT2D eigenvalue weighted by Gasteiger charge is 2.21. The SMILES string of the molecule is Cc1cc(C(O)C(=O)O)cc(OC(F)F)c1F. The van der Waals surface area contributed by atoms with E-state index in [-0.39, 0.29) is 11.1 Å². The molecular weight excluding hydrogens is 241 g/mol. The van der Waals surface area contributed by atoms with Crippen LogP contribution in [0.15, 0.2) is 12.1 Å². The smallest absolute Gasteiger partial charge is 0.387 e. The minimum atomic E-state index is -3.24. The molecule has 7 heteroatoms. The Kier molecular flexibility index (Phi) is 3.95. The largest absolute Gasteiger partial charge is 0.479 e. The number of hydrogen-bond acceptors (Lipinski definition) is 3. The van der Waals surface area contributed by atoms with Gasteiger partial charge in [-0.3, -0.25) is 0 Å². The second-order valence-corrected chi connectivity index (χ2v) is 3.27. The van der Waals surface area contributed by atoms with Crippen LogP contribution in [0.4, 0.5) is 13.2 Å². The molecule has 94 valence electrons. The van der Waals surface area contributed by atoms with Crippen LogP contribution in [0.25, 0.3) is 0 Å². The Morgan fingerprint density at radius 1 is 1.41 bits per heavy atom. The van der Waals surface area contributed by atoms with Crippen molar-refractivity contribution in [3.63, 3.8) is 0 Å². The van der Waals surface area contributed by atoms with E-state index in [1.165, 1.54) is 6.92 Å². The van der Waals surface area contributed by atoms with Crippen molar-refractivity contribution >= 4 is 5.97 Å². The molecule has 0 radical (unpaired) electrons. The lowest BCUT2D eigenvalue weighted by Gasteiger charge is -2.12. The molecule has 0 saturated heterocycles. The van der Waals surface area contributed by atoms with Gasteiger partial charge >= 0.3 is 12.6 Å². The van der Waals surface area contributed by atoms with Crippen LogP contribution < -0.4 is 4.74 Å². The molecular formula is C10H9F3O4. The Bertz CT molecular complexity index is 434. The van der Waals surface area contributed by atoms with Gasteiger partial charge in [-0.05, 0) is 30.2 Å². The number of halogens is 3. The molecule has 0 aliphatic rings. The Balaban J connectivity index is 3.18. The summed E-state index contributed by atoms with van der Waals surface area (Å²) in [6.45, 7) is -1.99. The van der Waals surface area contributed by atoms with Gasteiger partial charge in [-0.2, -0.15) is 8.78 Å². The lowest BCUT2D eigenvalue weighted by molar-refractivity contribution is -0.146. The van der Waals surface area contributed by atoms with Crippen molar-refractivity contribution in [2.45, 2.75) is 19.6 Å². The van der Waals surface area contributed by atoms with Crippen LogP contribution in [0, 0.1) is 12.7 Å². The molecule has 0 amide bonds. The summed E-state index contributed by atoms with van der Waals surface area (Å²) < 4.78 is 41.1. The van der Waals surface area contributed by atoms with Gasteiger partial charge < -0.3 is 14.9 Å². The summed E-state index contributed by atoms with van der Waals surface area (Å²) in [5.41, 5.74) is -0.328. The predicted molar refractivity (Wildman–Crippen MR) is 50.4 cm³/mol. The Morgan fingerprint density at radius 2 is 2.00 bits per heavy atom. The van der Waals surface area contributed by atoms with Crippen molar-refractivity contribution in [3.8, 4) is 5.75 Å². The van der Waals surface area contributed by atoms with Gasteiger partial charge in [0.1, 0.15) is 0 Å². The number of hydrogen-bond donors (Lipinski definition) is 2. The lowest BCUT2D eigenvalue weighted by atomic mass is 10.1. The molecule has 4 nitrogen and oxygen atoms in total. The third-order valence-electron chi connectivity index (χ3n) is 2.01. The van der Waals surface area contributed by atoms with Gasteiger partial charge in [0.15, 0.2) is 17.7 Å². The zero-order valence-electron chi connectivity index (χ0n) is 8.65. The maximum Gasteiger partial charge on any atom is 0.387 e. The minimum absolute atomic E-state index is 0.0987. The molecule has 0 aliphatic heterocycles. The molecule has 1 aromatic rings. The van der Waals surface area contributed by atoms with Crippen molar-refractivity contribution in [1.82, 2.24) is 0 Å². The fourth-order valence-corrected chi connectivity index (χ4v) is 1.25. The van der Waals surface area contributed by atoms with Gasteiger partial charge in [0.2, 0.25) is 0 Å². The first kappa shape index (κ1) is 13.3. The highest BCUT2D eigenvalue weighted by molar-refractivity contribution is 5.74. The summed E-state index contributed by atoms with van der Waals surface area (Å²) in [5, 5.41) is 17.7. The quantitative estimate of drug-likeness (QED) is 0.855. The number of aliphatic carboxylic acids is 1. The molecule has 1 atom stereocenters. The van der Waals surface area contributed by atoms with Crippen molar-refractivity contribution in [1.29, 1.82) is 0 Å². The summed E-state index contributed by atoms with van der Waals surface area (Å²) in [5.74, 6) is -3.39. The van der Waals surface area contributed by atoms with E-state index in [2.05, 4.69) is 4.74 Å². The van der Waals surface area contributed by atoms with Crippen molar-refractivity contribution in [2.75, 3.05) is 0 Å². The molecule has 0 saturated carbocycles. The van der Waals surface area contributed by atoms with E-state index in [0.29, 0.717) is 0 Å². The molecule has 0 spiro atoms. The van der Waals surface area contributed by atoms with Gasteiger partial charge in [0.25, 0.3) is 0 Å². The van der Waals surface area contributed by atoms with Gasteiger partial charge in [-0.15, -0.1) is 0 Å². The number of ether oxygens (including phenoxy) is 1. The number of carbonyl (C=O) groups is 1. The molecule has 1 unspecified atom stereocenters. The molecule has 1 aromatic carbocycles. The number of aryl methyl sites for hydroxylation is 1. The fourth-order valence-electron chi connectivity index (χ4n) is 1.25. The normalized spacial score (nSPS) is 12.6. The van der Waals surface area contributed by atoms with Crippen molar-refractivity contribution < 1.29 is 32.9 Å². The number of carboxylic acid groups (broad SMARTS) is 1. The van der Waals surface area contributed by atoms with Crippen molar-refractivity contribution in [3.05, 3.63) is 29.1 Å². The highest BCUT2D eigenvalue weighted by Crippen LogP contribution is 2.27. The average Bonchev–Trinajstić information content (AvgIpc) is 2.22. The van der Waals surface area contributed by atoms with Crippen LogP contribution >= 0.6 is 0 Å². The van der Waals surface area contributed by atoms with E-state index in [0.717, 1.165) is 12.1 Å². The van der Waals surface area contributed by atoms with E-state index in [4.69, 9.17) is 5.11 Å². The molecule has 2 N–H and O–H groups in total. The van der Waals surface area contributed by atoms with E-state index < -0.39 is 30.3 Å². The van der Waals surface area contributed by atoms with E-state index >= 15 is 0 Å². The van der Waals surface area contributed by atoms with Gasteiger partial charge in [0.05, 0.1) is 0 Å². The molecule has 0 fully saturated rings. The third kappa shape index (κ3) is 3.10. The first-order valence-corrected chi connectivity index (χ1v) is 4.48. The third-order valence-corrected chi connectivity index (χ3v) is 2.01. The number of carboxylic acids is 1. The Morgan fingerprint density at radius 3 is 2.47 bits per heavy atom. The summed E-state index contributed by atoms with van der Waals surface area (Å²) in [7, 11) is 0. The second-order valence-electron chi connectivity index (χ2n) is 3.27. The van der Waals surface area contributed by atoms with Gasteiger partial charge in [0, 0.05) is 0 Å². The summed E-state index contributed by atoms with van der Waals surface area (Å²) in [6, 6.07) is 1.78. The van der Waals surface area contributed by atoms with Crippen LogP contribution in [0.5, 0.6) is 5.75 Å². The summed E-state index contributed by atoms with van der Waals surface area (Å²) >= 11 is 0. The Hall–Kier alpha value is -1.76. The monoisotopic (exact) mass is 250 g/mol. The number of rotatable bonds is 4. The van der Waals surface area contributed by atoms with Gasteiger partial charge in [-0.25, -0.2) is 9.18 Å². The van der Waals surface area contributed by atoms with Gasteiger partial charge in [-0.1, -0.05) is 0 Å². The van der Waals surface area contributed by atoms with Crippen molar-refractivity contribution in [2.24, 2.45) is 0 Å². The zero-order chi connectivity index (χ0) is 13.2. The molecule has 0 aromatic heterocycles. The standard InChI is InChI=1S/C10H9F3O4/c1-4-2-5(8(14)9(15)16)3-6(7(4)11)17-10(12)13/h2-3,8,10,14H,1H3,(H,15,16). The summed E-state index contributed by atoms with van der Waals surface area (Å²) in [6.07, 6.45) is -1.92. The van der Waals surface area contributed by atoms with Crippen LogP contribution in [0.1, 0.15) is 17.2 Å². The molecule has 17 heavy (non-hydrogen) atoms. The topological polar surface area (TPSA) is 66.8 Å². The van der Waals surface area contributed by atoms with E-state index in [1.54, 1.807) is 0 Å². The maximum absolute atomic E-state index is 13.3. The number of aliphatic hydroxyl groups is 1. The summed E-state index contributed by atoms with van der Waals surface area (Å²) in [4.78, 5) is 10.5. The molecule has 0 bridgehead atoms. The fraction of sp³-hybridized carbons (Fsp3) is 0.300. The number of alkyl halides is 2. The van der Waals surface area contributed by atoms with Crippen LogP contribution in [-0.2, 0) is 4.79 Å². The van der Waals surface area contributed by atoms with Crippen LogP contribution in [0.3, 0.4) is 0 Å². The highest BCUT2D eigenvalue weighted by atomic mass is 19.3. The predicted octanol–water partition coefficient (Wildman–Crippen LogP) is 1.85. The lowest BCUT2D eigenvalue weighted by Crippen LogP contribution is -2.12. The van der Waals surface area contributed by atoms with Crippen LogP contribution in [-0.4, -0.2) is 22.8 Å². The number of benzene rings is 1. The first-order valence-electron chi connectivity index (χ1n) is 4.48. The second kappa shape index (κ2) is 5.05. The average molecular weight is 250 g/mol. The van der Waals surface area contributed by atoms with E-state index in [1.807, 2.05) is 0 Å². The minimum Gasteiger partial charge on any atom is -0.479 e. The maximum atomic E-state index is 13.3. The molecule has 0 heterocycles. The molecule has 0 aliphatic carbocycles.